The Morgan fingerprint density at radius 2 is 2.00 bits per heavy atom. The number of para-hydroxylation sites is 1. The molecule has 3 nitrogen and oxygen atoms in total. The Labute approximate surface area is 132 Å². The number of fused-ring (bicyclic) bond motifs is 1. The Bertz CT molecular complexity index is 795. The number of halogens is 1. The van der Waals surface area contributed by atoms with Crippen molar-refractivity contribution in [3.05, 3.63) is 63.8 Å². The van der Waals surface area contributed by atoms with E-state index in [0.717, 1.165) is 32.2 Å². The molecular formula is C17H17BrN2O. The molecule has 1 atom stereocenters. The van der Waals surface area contributed by atoms with Crippen LogP contribution in [0, 0.1) is 6.92 Å². The first-order chi connectivity index (χ1) is 10.1. The molecule has 0 saturated carbocycles. The average Bonchev–Trinajstić information content (AvgIpc) is 2.79. The summed E-state index contributed by atoms with van der Waals surface area (Å²) in [5.74, 6) is 0. The Morgan fingerprint density at radius 1 is 1.24 bits per heavy atom. The Balaban J connectivity index is 1.92. The van der Waals surface area contributed by atoms with Gasteiger partial charge in [-0.2, -0.15) is 5.10 Å². The molecule has 2 aromatic carbocycles. The molecule has 0 saturated heterocycles. The van der Waals surface area contributed by atoms with Crippen LogP contribution in [0.2, 0.25) is 0 Å². The fourth-order valence-electron chi connectivity index (χ4n) is 2.56. The number of rotatable bonds is 3. The molecule has 0 aliphatic heterocycles. The van der Waals surface area contributed by atoms with Gasteiger partial charge in [0.25, 0.3) is 0 Å². The van der Waals surface area contributed by atoms with Crippen LogP contribution in [0.5, 0.6) is 0 Å². The SMILES string of the molecule is Cc1ccc(C(O)Cc2nn(C)c3ccccc23)cc1Br. The van der Waals surface area contributed by atoms with E-state index < -0.39 is 6.10 Å². The van der Waals surface area contributed by atoms with E-state index in [2.05, 4.69) is 27.1 Å². The minimum Gasteiger partial charge on any atom is -0.388 e. The predicted octanol–water partition coefficient (Wildman–Crippen LogP) is 3.92. The van der Waals surface area contributed by atoms with Crippen molar-refractivity contribution in [2.75, 3.05) is 0 Å². The number of nitrogens with zero attached hydrogens (tertiary/aromatic N) is 2. The topological polar surface area (TPSA) is 38.1 Å². The van der Waals surface area contributed by atoms with Gasteiger partial charge in [-0.3, -0.25) is 4.68 Å². The van der Waals surface area contributed by atoms with Gasteiger partial charge < -0.3 is 5.11 Å². The van der Waals surface area contributed by atoms with Gasteiger partial charge in [-0.1, -0.05) is 46.3 Å². The molecule has 1 heterocycles. The number of aromatic nitrogens is 2. The summed E-state index contributed by atoms with van der Waals surface area (Å²) < 4.78 is 2.88. The van der Waals surface area contributed by atoms with E-state index >= 15 is 0 Å². The van der Waals surface area contributed by atoms with Gasteiger partial charge in [0.15, 0.2) is 0 Å². The van der Waals surface area contributed by atoms with E-state index in [1.165, 1.54) is 0 Å². The molecule has 1 unspecified atom stereocenters. The molecule has 0 aliphatic carbocycles. The lowest BCUT2D eigenvalue weighted by Crippen LogP contribution is -2.03. The van der Waals surface area contributed by atoms with Gasteiger partial charge in [0, 0.05) is 23.3 Å². The third-order valence-electron chi connectivity index (χ3n) is 3.80. The molecule has 4 heteroatoms. The van der Waals surface area contributed by atoms with Gasteiger partial charge in [0.05, 0.1) is 17.3 Å². The largest absolute Gasteiger partial charge is 0.388 e. The van der Waals surface area contributed by atoms with Crippen LogP contribution in [0.25, 0.3) is 10.9 Å². The van der Waals surface area contributed by atoms with E-state index in [-0.39, 0.29) is 0 Å². The summed E-state index contributed by atoms with van der Waals surface area (Å²) in [5, 5.41) is 16.1. The van der Waals surface area contributed by atoms with Crippen LogP contribution in [-0.2, 0) is 13.5 Å². The number of aliphatic hydroxyl groups excluding tert-OH is 1. The van der Waals surface area contributed by atoms with Gasteiger partial charge >= 0.3 is 0 Å². The van der Waals surface area contributed by atoms with Crippen LogP contribution in [0.3, 0.4) is 0 Å². The summed E-state index contributed by atoms with van der Waals surface area (Å²) >= 11 is 3.51. The molecule has 0 amide bonds. The lowest BCUT2D eigenvalue weighted by molar-refractivity contribution is 0.177. The highest BCUT2D eigenvalue weighted by Gasteiger charge is 2.15. The van der Waals surface area contributed by atoms with Gasteiger partial charge in [-0.05, 0) is 30.2 Å². The zero-order chi connectivity index (χ0) is 15.0. The van der Waals surface area contributed by atoms with Crippen molar-refractivity contribution in [3.8, 4) is 0 Å². The molecule has 21 heavy (non-hydrogen) atoms. The van der Waals surface area contributed by atoms with Crippen LogP contribution >= 0.6 is 15.9 Å². The van der Waals surface area contributed by atoms with Gasteiger partial charge in [-0.15, -0.1) is 0 Å². The van der Waals surface area contributed by atoms with Crippen LogP contribution in [0.1, 0.15) is 22.9 Å². The maximum Gasteiger partial charge on any atom is 0.0846 e. The van der Waals surface area contributed by atoms with E-state index in [4.69, 9.17) is 0 Å². The standard InChI is InChI=1S/C17H17BrN2O/c1-11-7-8-12(9-14(11)18)17(21)10-15-13-5-3-4-6-16(13)20(2)19-15/h3-9,17,21H,10H2,1-2H3. The highest BCUT2D eigenvalue weighted by molar-refractivity contribution is 9.10. The maximum atomic E-state index is 10.5. The molecule has 3 rings (SSSR count). The summed E-state index contributed by atoms with van der Waals surface area (Å²) in [5.41, 5.74) is 4.08. The summed E-state index contributed by atoms with van der Waals surface area (Å²) in [6, 6.07) is 14.1. The first kappa shape index (κ1) is 14.3. The van der Waals surface area contributed by atoms with Gasteiger partial charge in [0.2, 0.25) is 0 Å². The molecule has 1 N–H and O–H groups in total. The molecule has 0 radical (unpaired) electrons. The van der Waals surface area contributed by atoms with E-state index in [1.54, 1.807) is 0 Å². The van der Waals surface area contributed by atoms with Crippen LogP contribution < -0.4 is 0 Å². The molecule has 0 spiro atoms. The van der Waals surface area contributed by atoms with E-state index in [0.29, 0.717) is 6.42 Å². The normalized spacial score (nSPS) is 12.8. The van der Waals surface area contributed by atoms with E-state index in [1.807, 2.05) is 55.1 Å². The van der Waals surface area contributed by atoms with Crippen molar-refractivity contribution in [1.82, 2.24) is 9.78 Å². The van der Waals surface area contributed by atoms with Crippen molar-refractivity contribution in [1.29, 1.82) is 0 Å². The minimum absolute atomic E-state index is 0.511. The van der Waals surface area contributed by atoms with Crippen molar-refractivity contribution in [2.45, 2.75) is 19.4 Å². The highest BCUT2D eigenvalue weighted by atomic mass is 79.9. The molecule has 0 bridgehead atoms. The predicted molar refractivity (Wildman–Crippen MR) is 88.3 cm³/mol. The van der Waals surface area contributed by atoms with Crippen LogP contribution in [0.15, 0.2) is 46.9 Å². The fourth-order valence-corrected chi connectivity index (χ4v) is 2.95. The third kappa shape index (κ3) is 2.74. The zero-order valence-electron chi connectivity index (χ0n) is 12.0. The summed E-state index contributed by atoms with van der Waals surface area (Å²) in [7, 11) is 1.93. The quantitative estimate of drug-likeness (QED) is 0.781. The van der Waals surface area contributed by atoms with Gasteiger partial charge in [-0.25, -0.2) is 0 Å². The zero-order valence-corrected chi connectivity index (χ0v) is 13.6. The molecule has 0 aliphatic rings. The average molecular weight is 345 g/mol. The van der Waals surface area contributed by atoms with Crippen LogP contribution in [-0.4, -0.2) is 14.9 Å². The third-order valence-corrected chi connectivity index (χ3v) is 4.66. The molecule has 1 aromatic heterocycles. The summed E-state index contributed by atoms with van der Waals surface area (Å²) in [4.78, 5) is 0. The fraction of sp³-hybridized carbons (Fsp3) is 0.235. The second-order valence-electron chi connectivity index (χ2n) is 5.32. The summed E-state index contributed by atoms with van der Waals surface area (Å²) in [6.07, 6.45) is -0.0446. The number of benzene rings is 2. The highest BCUT2D eigenvalue weighted by Crippen LogP contribution is 2.26. The number of aliphatic hydroxyl groups is 1. The first-order valence-electron chi connectivity index (χ1n) is 6.91. The van der Waals surface area contributed by atoms with Crippen molar-refractivity contribution >= 4 is 26.8 Å². The van der Waals surface area contributed by atoms with Crippen molar-refractivity contribution in [2.24, 2.45) is 7.05 Å². The second kappa shape index (κ2) is 5.62. The summed E-state index contributed by atoms with van der Waals surface area (Å²) in [6.45, 7) is 2.03. The minimum atomic E-state index is -0.555. The molecular weight excluding hydrogens is 328 g/mol. The van der Waals surface area contributed by atoms with Crippen molar-refractivity contribution < 1.29 is 5.11 Å². The number of hydrogen-bond donors (Lipinski definition) is 1. The Hall–Kier alpha value is -1.65. The second-order valence-corrected chi connectivity index (χ2v) is 6.17. The Kier molecular flexibility index (Phi) is 3.83. The van der Waals surface area contributed by atoms with Crippen molar-refractivity contribution in [3.63, 3.8) is 0 Å². The number of aryl methyl sites for hydroxylation is 2. The van der Waals surface area contributed by atoms with Gasteiger partial charge in [0.1, 0.15) is 0 Å². The maximum absolute atomic E-state index is 10.5. The molecule has 0 fully saturated rings. The first-order valence-corrected chi connectivity index (χ1v) is 7.70. The molecule has 3 aromatic rings. The Morgan fingerprint density at radius 3 is 2.76 bits per heavy atom. The van der Waals surface area contributed by atoms with E-state index in [9.17, 15) is 5.11 Å². The smallest absolute Gasteiger partial charge is 0.0846 e. The van der Waals surface area contributed by atoms with Crippen LogP contribution in [0.4, 0.5) is 0 Å². The lowest BCUT2D eigenvalue weighted by atomic mass is 10.0. The number of hydrogen-bond acceptors (Lipinski definition) is 2. The molecule has 108 valence electrons. The monoisotopic (exact) mass is 344 g/mol. The lowest BCUT2D eigenvalue weighted by Gasteiger charge is -2.11.